The Kier molecular flexibility index (Phi) is 7.29. The third-order valence-corrected chi connectivity index (χ3v) is 3.97. The van der Waals surface area contributed by atoms with Crippen LogP contribution in [0.2, 0.25) is 0 Å². The van der Waals surface area contributed by atoms with Crippen LogP contribution in [0.5, 0.6) is 5.75 Å². The molecule has 7 nitrogen and oxygen atoms in total. The number of aromatic amines is 1. The summed E-state index contributed by atoms with van der Waals surface area (Å²) in [5.41, 5.74) is 2.20. The molecule has 1 aromatic carbocycles. The van der Waals surface area contributed by atoms with Crippen LogP contribution in [0.4, 0.5) is 4.79 Å². The Morgan fingerprint density at radius 3 is 2.62 bits per heavy atom. The summed E-state index contributed by atoms with van der Waals surface area (Å²) < 4.78 is 11.2. The molecule has 0 aliphatic carbocycles. The number of carbonyl (C=O) groups excluding carboxylic acids is 1. The molecule has 26 heavy (non-hydrogen) atoms. The molecule has 0 aliphatic heterocycles. The smallest absolute Gasteiger partial charge is 0.410 e. The molecule has 1 aromatic heterocycles. The maximum Gasteiger partial charge on any atom is 0.410 e. The van der Waals surface area contributed by atoms with Gasteiger partial charge in [0.1, 0.15) is 5.75 Å². The zero-order chi connectivity index (χ0) is 19.1. The first-order chi connectivity index (χ1) is 12.4. The van der Waals surface area contributed by atoms with E-state index in [9.17, 15) is 4.79 Å². The van der Waals surface area contributed by atoms with Crippen molar-refractivity contribution in [3.05, 3.63) is 30.0 Å². The predicted octanol–water partition coefficient (Wildman–Crippen LogP) is 2.28. The number of H-pyrrole nitrogens is 1. The lowest BCUT2D eigenvalue weighted by atomic mass is 10.1. The number of benzene rings is 1. The summed E-state index contributed by atoms with van der Waals surface area (Å²) in [5.74, 6) is 0.714. The normalized spacial score (nSPS) is 12.6. The van der Waals surface area contributed by atoms with Crippen molar-refractivity contribution in [1.29, 1.82) is 0 Å². The first kappa shape index (κ1) is 20.1. The van der Waals surface area contributed by atoms with Crippen molar-refractivity contribution in [2.45, 2.75) is 19.6 Å². The third kappa shape index (κ3) is 5.93. The number of hydrogen-bond acceptors (Lipinski definition) is 5. The van der Waals surface area contributed by atoms with Crippen molar-refractivity contribution in [3.8, 4) is 5.75 Å². The zero-order valence-electron chi connectivity index (χ0n) is 16.3. The van der Waals surface area contributed by atoms with Gasteiger partial charge in [-0.05, 0) is 52.3 Å². The number of aromatic nitrogens is 1. The summed E-state index contributed by atoms with van der Waals surface area (Å²) in [5, 5.41) is 3.75. The van der Waals surface area contributed by atoms with Crippen LogP contribution in [-0.2, 0) is 11.2 Å². The number of nitrogens with one attached hydrogen (secondary N) is 2. The van der Waals surface area contributed by atoms with Gasteiger partial charge in [-0.25, -0.2) is 4.79 Å². The number of likely N-dealkylation sites (N-methyl/N-ethyl adjacent to an activating group) is 2. The Morgan fingerprint density at radius 1 is 1.19 bits per heavy atom. The highest BCUT2D eigenvalue weighted by atomic mass is 16.7. The molecule has 2 N–H and O–H groups in total. The molecule has 0 fully saturated rings. The van der Waals surface area contributed by atoms with Gasteiger partial charge in [0.05, 0.1) is 0 Å². The number of ether oxygens (including phenoxy) is 2. The van der Waals surface area contributed by atoms with Gasteiger partial charge in [0, 0.05) is 43.7 Å². The zero-order valence-corrected chi connectivity index (χ0v) is 16.3. The van der Waals surface area contributed by atoms with Crippen molar-refractivity contribution in [2.24, 2.45) is 0 Å². The molecular weight excluding hydrogens is 332 g/mol. The summed E-state index contributed by atoms with van der Waals surface area (Å²) in [6, 6.07) is 5.84. The quantitative estimate of drug-likeness (QED) is 0.670. The molecule has 0 spiro atoms. The summed E-state index contributed by atoms with van der Waals surface area (Å²) >= 11 is 0. The first-order valence-corrected chi connectivity index (χ1v) is 8.86. The van der Waals surface area contributed by atoms with Crippen molar-refractivity contribution in [3.63, 3.8) is 0 Å². The molecule has 1 amide bonds. The van der Waals surface area contributed by atoms with Crippen LogP contribution in [0.25, 0.3) is 10.9 Å². The number of rotatable bonds is 9. The van der Waals surface area contributed by atoms with Crippen LogP contribution in [0.3, 0.4) is 0 Å². The van der Waals surface area contributed by atoms with E-state index in [0.717, 1.165) is 30.4 Å². The highest BCUT2D eigenvalue weighted by Crippen LogP contribution is 2.30. The lowest BCUT2D eigenvalue weighted by Crippen LogP contribution is -2.34. The van der Waals surface area contributed by atoms with Crippen LogP contribution >= 0.6 is 0 Å². The fraction of sp³-hybridized carbons (Fsp3) is 0.526. The Bertz CT molecular complexity index is 712. The average Bonchev–Trinajstić information content (AvgIpc) is 2.96. The van der Waals surface area contributed by atoms with Crippen LogP contribution in [0.15, 0.2) is 24.4 Å². The summed E-state index contributed by atoms with van der Waals surface area (Å²) in [6.45, 7) is 3.95. The minimum absolute atomic E-state index is 0.478. The van der Waals surface area contributed by atoms with Crippen molar-refractivity contribution >= 4 is 17.0 Å². The topological polar surface area (TPSA) is 69.8 Å². The average molecular weight is 362 g/mol. The minimum Gasteiger partial charge on any atom is -0.454 e. The Morgan fingerprint density at radius 2 is 1.92 bits per heavy atom. The number of carbonyl (C=O) groups is 1. The number of fused-ring (bicyclic) bond motifs is 1. The Hall–Kier alpha value is -2.25. The number of nitrogens with zero attached hydrogens (tertiary/aromatic N) is 2. The third-order valence-electron chi connectivity index (χ3n) is 3.97. The van der Waals surface area contributed by atoms with Gasteiger partial charge in [0.2, 0.25) is 6.29 Å². The molecule has 0 aliphatic rings. The van der Waals surface area contributed by atoms with E-state index in [1.807, 2.05) is 43.4 Å². The van der Waals surface area contributed by atoms with E-state index in [0.29, 0.717) is 12.3 Å². The number of hydrogen-bond donors (Lipinski definition) is 2. The molecule has 1 heterocycles. The van der Waals surface area contributed by atoms with E-state index in [1.54, 1.807) is 6.92 Å². The van der Waals surface area contributed by atoms with Crippen LogP contribution in [0.1, 0.15) is 12.5 Å². The van der Waals surface area contributed by atoms with Gasteiger partial charge < -0.3 is 29.6 Å². The number of alkyl carbamates (subject to hydrolysis) is 1. The molecule has 0 bridgehead atoms. The molecule has 0 radical (unpaired) electrons. The highest BCUT2D eigenvalue weighted by Gasteiger charge is 2.15. The molecule has 0 saturated carbocycles. The van der Waals surface area contributed by atoms with Crippen LogP contribution in [0, 0.1) is 0 Å². The second-order valence-electron chi connectivity index (χ2n) is 6.87. The predicted molar refractivity (Wildman–Crippen MR) is 104 cm³/mol. The molecule has 7 heteroatoms. The van der Waals surface area contributed by atoms with E-state index in [1.165, 1.54) is 5.56 Å². The van der Waals surface area contributed by atoms with E-state index >= 15 is 0 Å². The van der Waals surface area contributed by atoms with E-state index in [2.05, 4.69) is 29.3 Å². The Labute approximate surface area is 155 Å². The first-order valence-electron chi connectivity index (χ1n) is 8.86. The maximum absolute atomic E-state index is 11.8. The van der Waals surface area contributed by atoms with Crippen molar-refractivity contribution < 1.29 is 14.3 Å². The van der Waals surface area contributed by atoms with Gasteiger partial charge in [-0.1, -0.05) is 6.07 Å². The molecular formula is C19H30N4O3. The Balaban J connectivity index is 2.00. The molecule has 0 saturated heterocycles. The summed E-state index contributed by atoms with van der Waals surface area (Å²) in [7, 11) is 8.00. The van der Waals surface area contributed by atoms with Gasteiger partial charge in [-0.15, -0.1) is 0 Å². The van der Waals surface area contributed by atoms with E-state index < -0.39 is 12.4 Å². The van der Waals surface area contributed by atoms with Gasteiger partial charge in [0.25, 0.3) is 0 Å². The van der Waals surface area contributed by atoms with E-state index in [-0.39, 0.29) is 0 Å². The number of amides is 1. The molecule has 1 unspecified atom stereocenters. The SMILES string of the molecule is CC(OC(=O)NCCN(C)C)Oc1cccc2[nH]cc(CCN(C)C)c12. The van der Waals surface area contributed by atoms with Crippen molar-refractivity contribution in [1.82, 2.24) is 20.1 Å². The minimum atomic E-state index is -0.684. The second-order valence-corrected chi connectivity index (χ2v) is 6.87. The van der Waals surface area contributed by atoms with Crippen LogP contribution in [-0.4, -0.2) is 75.0 Å². The summed E-state index contributed by atoms with van der Waals surface area (Å²) in [6.07, 6.45) is 1.76. The fourth-order valence-corrected chi connectivity index (χ4v) is 2.64. The van der Waals surface area contributed by atoms with Gasteiger partial charge in [0.15, 0.2) is 0 Å². The molecule has 1 atom stereocenters. The largest absolute Gasteiger partial charge is 0.454 e. The van der Waals surface area contributed by atoms with Crippen LogP contribution < -0.4 is 10.1 Å². The lowest BCUT2D eigenvalue weighted by Gasteiger charge is -2.18. The standard InChI is InChI=1S/C19H30N4O3/c1-14(26-19(24)20-10-12-23(4)5)25-17-8-6-7-16-18(17)15(13-21-16)9-11-22(2)3/h6-8,13-14,21H,9-12H2,1-5H3,(H,20,24). The van der Waals surface area contributed by atoms with Gasteiger partial charge in [-0.2, -0.15) is 0 Å². The summed E-state index contributed by atoms with van der Waals surface area (Å²) in [4.78, 5) is 19.3. The van der Waals surface area contributed by atoms with Gasteiger partial charge in [-0.3, -0.25) is 0 Å². The van der Waals surface area contributed by atoms with E-state index in [4.69, 9.17) is 9.47 Å². The molecule has 144 valence electrons. The monoisotopic (exact) mass is 362 g/mol. The lowest BCUT2D eigenvalue weighted by molar-refractivity contribution is -0.0173. The highest BCUT2D eigenvalue weighted by molar-refractivity contribution is 5.89. The van der Waals surface area contributed by atoms with Gasteiger partial charge >= 0.3 is 6.09 Å². The molecule has 2 rings (SSSR count). The molecule has 2 aromatic rings. The van der Waals surface area contributed by atoms with Crippen molar-refractivity contribution in [2.75, 3.05) is 47.8 Å². The fourth-order valence-electron chi connectivity index (χ4n) is 2.64. The maximum atomic E-state index is 11.8. The second kappa shape index (κ2) is 9.45.